The maximum Gasteiger partial charge on any atom is 0.361 e. The van der Waals surface area contributed by atoms with Crippen molar-refractivity contribution < 1.29 is 14.3 Å². The molecule has 0 radical (unpaired) electrons. The lowest BCUT2D eigenvalue weighted by atomic mass is 10.1. The Morgan fingerprint density at radius 2 is 1.73 bits per heavy atom. The van der Waals surface area contributed by atoms with Crippen molar-refractivity contribution in [3.8, 4) is 0 Å². The van der Waals surface area contributed by atoms with Gasteiger partial charge in [0.2, 0.25) is 5.71 Å². The first-order valence-electron chi connectivity index (χ1n) is 10.4. The summed E-state index contributed by atoms with van der Waals surface area (Å²) in [6.45, 7) is 9.53. The molecule has 2 aromatic carbocycles. The Labute approximate surface area is 207 Å². The summed E-state index contributed by atoms with van der Waals surface area (Å²) in [5, 5.41) is 5.62. The molecule has 0 saturated carbocycles. The van der Waals surface area contributed by atoms with Crippen molar-refractivity contribution in [2.45, 2.75) is 27.7 Å². The molecular formula is C23H23Cl3N4O3. The van der Waals surface area contributed by atoms with Crippen molar-refractivity contribution in [2.24, 2.45) is 10.1 Å². The fourth-order valence-corrected chi connectivity index (χ4v) is 4.37. The van der Waals surface area contributed by atoms with Crippen LogP contribution in [0.3, 0.4) is 0 Å². The van der Waals surface area contributed by atoms with Crippen molar-refractivity contribution in [3.05, 3.63) is 51.0 Å². The van der Waals surface area contributed by atoms with Gasteiger partial charge in [0.05, 0.1) is 22.3 Å². The summed E-state index contributed by atoms with van der Waals surface area (Å²) in [5.74, 6) is -1.43. The van der Waals surface area contributed by atoms with E-state index in [4.69, 9.17) is 39.5 Å². The molecule has 0 aromatic heterocycles. The molecular weight excluding hydrogens is 487 g/mol. The first kappa shape index (κ1) is 25.0. The van der Waals surface area contributed by atoms with Crippen LogP contribution in [0.4, 0.5) is 17.1 Å². The molecule has 0 N–H and O–H groups in total. The number of ether oxygens (including phenoxy) is 1. The summed E-state index contributed by atoms with van der Waals surface area (Å²) in [6.07, 6.45) is 0. The Hall–Kier alpha value is -2.61. The third-order valence-electron chi connectivity index (χ3n) is 5.02. The van der Waals surface area contributed by atoms with Crippen LogP contribution in [-0.2, 0) is 14.3 Å². The van der Waals surface area contributed by atoms with E-state index in [-0.39, 0.29) is 33.8 Å². The third kappa shape index (κ3) is 5.16. The first-order valence-corrected chi connectivity index (χ1v) is 11.5. The molecule has 0 unspecified atom stereocenters. The van der Waals surface area contributed by atoms with Crippen molar-refractivity contribution in [3.63, 3.8) is 0 Å². The minimum Gasteiger partial charge on any atom is -0.461 e. The van der Waals surface area contributed by atoms with E-state index in [1.165, 1.54) is 12.1 Å². The van der Waals surface area contributed by atoms with Crippen LogP contribution >= 0.6 is 34.8 Å². The number of hydrogen-bond acceptors (Lipinski definition) is 6. The molecule has 0 aliphatic carbocycles. The van der Waals surface area contributed by atoms with Crippen LogP contribution in [0.1, 0.15) is 26.3 Å². The molecule has 10 heteroatoms. The fraction of sp³-hybridized carbons (Fsp3) is 0.304. The van der Waals surface area contributed by atoms with Crippen LogP contribution in [0, 0.1) is 6.92 Å². The largest absolute Gasteiger partial charge is 0.461 e. The van der Waals surface area contributed by atoms with Gasteiger partial charge in [0.1, 0.15) is 5.69 Å². The second-order valence-corrected chi connectivity index (χ2v) is 8.36. The van der Waals surface area contributed by atoms with Gasteiger partial charge >= 0.3 is 5.97 Å². The average Bonchev–Trinajstić information content (AvgIpc) is 3.06. The van der Waals surface area contributed by atoms with Crippen LogP contribution in [0.2, 0.25) is 15.1 Å². The number of carbonyl (C=O) groups is 2. The molecule has 1 heterocycles. The highest BCUT2D eigenvalue weighted by molar-refractivity contribution is 6.83. The zero-order valence-corrected chi connectivity index (χ0v) is 20.9. The lowest BCUT2D eigenvalue weighted by Gasteiger charge is -2.21. The van der Waals surface area contributed by atoms with Crippen LogP contribution in [-0.4, -0.2) is 43.0 Å². The number of carbonyl (C=O) groups excluding carboxylic acids is 2. The number of hydrazone groups is 1. The summed E-state index contributed by atoms with van der Waals surface area (Å²) in [5.41, 5.74) is 2.13. The zero-order chi connectivity index (χ0) is 24.3. The second-order valence-electron chi connectivity index (χ2n) is 7.11. The number of anilines is 2. The molecule has 1 amide bonds. The van der Waals surface area contributed by atoms with Crippen LogP contribution < -0.4 is 9.91 Å². The van der Waals surface area contributed by atoms with E-state index in [9.17, 15) is 9.59 Å². The first-order chi connectivity index (χ1) is 15.7. The topological polar surface area (TPSA) is 74.6 Å². The standard InChI is InChI=1S/C23H23Cl3N4O3/c1-5-29(6-2)15-8-9-18(13(4)10-15)27-19-20(23(32)33-7-3)28-30(22(19)31)21-16(25)11-14(24)12-17(21)26/h8-12H,5-7H2,1-4H3. The van der Waals surface area contributed by atoms with Gasteiger partial charge in [-0.05, 0) is 63.6 Å². The molecule has 0 bridgehead atoms. The average molecular weight is 510 g/mol. The highest BCUT2D eigenvalue weighted by atomic mass is 35.5. The molecule has 174 valence electrons. The van der Waals surface area contributed by atoms with Crippen molar-refractivity contribution >= 4 is 75.2 Å². The molecule has 2 aromatic rings. The highest BCUT2D eigenvalue weighted by Crippen LogP contribution is 2.38. The van der Waals surface area contributed by atoms with Crippen molar-refractivity contribution in [1.82, 2.24) is 0 Å². The smallest absolute Gasteiger partial charge is 0.361 e. The Morgan fingerprint density at radius 3 is 2.27 bits per heavy atom. The molecule has 0 spiro atoms. The van der Waals surface area contributed by atoms with Gasteiger partial charge in [-0.25, -0.2) is 9.79 Å². The molecule has 33 heavy (non-hydrogen) atoms. The Bertz CT molecular complexity index is 1140. The predicted octanol–water partition coefficient (Wildman–Crippen LogP) is 5.84. The van der Waals surface area contributed by atoms with Gasteiger partial charge in [0, 0.05) is 23.8 Å². The number of rotatable bonds is 7. The van der Waals surface area contributed by atoms with Gasteiger partial charge in [0.15, 0.2) is 5.71 Å². The lowest BCUT2D eigenvalue weighted by Crippen LogP contribution is -2.31. The number of aliphatic imine (C=N–C) groups is 1. The van der Waals surface area contributed by atoms with E-state index < -0.39 is 11.9 Å². The van der Waals surface area contributed by atoms with Gasteiger partial charge in [-0.3, -0.25) is 4.79 Å². The highest BCUT2D eigenvalue weighted by Gasteiger charge is 2.39. The van der Waals surface area contributed by atoms with Crippen LogP contribution in [0.5, 0.6) is 0 Å². The number of halogens is 3. The lowest BCUT2D eigenvalue weighted by molar-refractivity contribution is -0.134. The van der Waals surface area contributed by atoms with E-state index in [1.54, 1.807) is 13.0 Å². The fourth-order valence-electron chi connectivity index (χ4n) is 3.39. The van der Waals surface area contributed by atoms with Crippen LogP contribution in [0.25, 0.3) is 0 Å². The molecule has 1 aliphatic rings. The monoisotopic (exact) mass is 508 g/mol. The molecule has 0 saturated heterocycles. The quantitative estimate of drug-likeness (QED) is 0.440. The Morgan fingerprint density at radius 1 is 1.09 bits per heavy atom. The number of hydrogen-bond donors (Lipinski definition) is 0. The second kappa shape index (κ2) is 10.5. The van der Waals surface area contributed by atoms with E-state index in [2.05, 4.69) is 28.8 Å². The number of amides is 1. The minimum atomic E-state index is -0.772. The van der Waals surface area contributed by atoms with Gasteiger partial charge in [-0.2, -0.15) is 10.1 Å². The minimum absolute atomic E-state index is 0.105. The number of aryl methyl sites for hydroxylation is 1. The number of esters is 1. The summed E-state index contributed by atoms with van der Waals surface area (Å²) < 4.78 is 5.09. The Kier molecular flexibility index (Phi) is 8.00. The van der Waals surface area contributed by atoms with Gasteiger partial charge in [-0.1, -0.05) is 34.8 Å². The van der Waals surface area contributed by atoms with Gasteiger partial charge in [-0.15, -0.1) is 0 Å². The summed E-state index contributed by atoms with van der Waals surface area (Å²) in [4.78, 5) is 32.6. The summed E-state index contributed by atoms with van der Waals surface area (Å²) in [7, 11) is 0. The normalized spacial score (nSPS) is 14.6. The predicted molar refractivity (Wildman–Crippen MR) is 135 cm³/mol. The van der Waals surface area contributed by atoms with E-state index in [0.29, 0.717) is 10.7 Å². The summed E-state index contributed by atoms with van der Waals surface area (Å²) in [6, 6.07) is 8.57. The van der Waals surface area contributed by atoms with Gasteiger partial charge < -0.3 is 9.64 Å². The molecule has 1 aliphatic heterocycles. The van der Waals surface area contributed by atoms with E-state index in [1.807, 2.05) is 19.1 Å². The maximum absolute atomic E-state index is 13.3. The van der Waals surface area contributed by atoms with Crippen LogP contribution in [0.15, 0.2) is 40.4 Å². The SMILES string of the molecule is CCOC(=O)C1=NN(c2c(Cl)cc(Cl)cc2Cl)C(=O)C1=Nc1ccc(N(CC)CC)cc1C. The molecule has 0 atom stereocenters. The van der Waals surface area contributed by atoms with E-state index in [0.717, 1.165) is 29.3 Å². The van der Waals surface area contributed by atoms with E-state index >= 15 is 0 Å². The van der Waals surface area contributed by atoms with Gasteiger partial charge in [0.25, 0.3) is 5.91 Å². The zero-order valence-electron chi connectivity index (χ0n) is 18.7. The molecule has 0 fully saturated rings. The maximum atomic E-state index is 13.3. The van der Waals surface area contributed by atoms with Crippen molar-refractivity contribution in [1.29, 1.82) is 0 Å². The third-order valence-corrected chi connectivity index (χ3v) is 5.82. The molecule has 7 nitrogen and oxygen atoms in total. The molecule has 3 rings (SSSR count). The Balaban J connectivity index is 2.09. The summed E-state index contributed by atoms with van der Waals surface area (Å²) >= 11 is 18.6. The number of benzene rings is 2. The number of nitrogens with zero attached hydrogens (tertiary/aromatic N) is 4. The van der Waals surface area contributed by atoms with Crippen molar-refractivity contribution in [2.75, 3.05) is 29.6 Å².